The molecule has 0 saturated carbocycles. The first kappa shape index (κ1) is 21.9. The van der Waals surface area contributed by atoms with Gasteiger partial charge >= 0.3 is 0 Å². The smallest absolute Gasteiger partial charge is 0.271 e. The van der Waals surface area contributed by atoms with Gasteiger partial charge < -0.3 is 5.32 Å². The van der Waals surface area contributed by atoms with Crippen LogP contribution in [0.5, 0.6) is 0 Å². The largest absolute Gasteiger partial charge is 0.322 e. The van der Waals surface area contributed by atoms with Crippen molar-refractivity contribution in [1.29, 1.82) is 0 Å². The summed E-state index contributed by atoms with van der Waals surface area (Å²) in [5.74, 6) is -0.209. The molecule has 160 valence electrons. The number of aromatic nitrogens is 2. The fourth-order valence-electron chi connectivity index (χ4n) is 3.02. The van der Waals surface area contributed by atoms with Gasteiger partial charge in [0.25, 0.3) is 11.5 Å². The summed E-state index contributed by atoms with van der Waals surface area (Å²) in [7, 11) is 0. The molecule has 1 heterocycles. The Morgan fingerprint density at radius 3 is 2.38 bits per heavy atom. The Morgan fingerprint density at radius 1 is 0.906 bits per heavy atom. The van der Waals surface area contributed by atoms with Gasteiger partial charge in [0.1, 0.15) is 5.03 Å². The van der Waals surface area contributed by atoms with Crippen molar-refractivity contribution in [2.45, 2.75) is 21.7 Å². The minimum Gasteiger partial charge on any atom is -0.322 e. The van der Waals surface area contributed by atoms with E-state index in [2.05, 4.69) is 10.4 Å². The summed E-state index contributed by atoms with van der Waals surface area (Å²) in [6, 6.07) is 25.9. The topological polar surface area (TPSA) is 64.0 Å². The van der Waals surface area contributed by atoms with Crippen LogP contribution in [0.15, 0.2) is 105 Å². The maximum Gasteiger partial charge on any atom is 0.271 e. The van der Waals surface area contributed by atoms with Crippen molar-refractivity contribution in [1.82, 2.24) is 9.78 Å². The molecule has 0 bridgehead atoms. The third-order valence-corrected chi connectivity index (χ3v) is 6.38. The summed E-state index contributed by atoms with van der Waals surface area (Å²) in [4.78, 5) is 27.1. The van der Waals surface area contributed by atoms with Crippen LogP contribution in [0.1, 0.15) is 15.9 Å². The first-order chi connectivity index (χ1) is 15.5. The highest BCUT2D eigenvalue weighted by molar-refractivity contribution is 7.99. The van der Waals surface area contributed by atoms with Crippen molar-refractivity contribution in [3.63, 3.8) is 0 Å². The van der Waals surface area contributed by atoms with Crippen molar-refractivity contribution >= 4 is 35.1 Å². The number of rotatable bonds is 6. The number of nitrogens with zero attached hydrogens (tertiary/aromatic N) is 2. The molecule has 0 atom stereocenters. The summed E-state index contributed by atoms with van der Waals surface area (Å²) in [5.41, 5.74) is 2.80. The van der Waals surface area contributed by atoms with E-state index in [0.717, 1.165) is 15.5 Å². The van der Waals surface area contributed by atoms with E-state index >= 15 is 0 Å². The number of hydrogen-bond acceptors (Lipinski definition) is 5. The highest BCUT2D eigenvalue weighted by atomic mass is 32.2. The van der Waals surface area contributed by atoms with Crippen LogP contribution in [0.25, 0.3) is 5.69 Å². The van der Waals surface area contributed by atoms with E-state index < -0.39 is 0 Å². The summed E-state index contributed by atoms with van der Waals surface area (Å²) < 4.78 is 1.35. The maximum absolute atomic E-state index is 12.6. The molecule has 0 radical (unpaired) electrons. The zero-order valence-corrected chi connectivity index (χ0v) is 19.2. The first-order valence-corrected chi connectivity index (χ1v) is 12.0. The SMILES string of the molecule is CSc1cccc(NC(=O)c2ccc(-n3nc(Sc4ccc(C)cc4)ccc3=O)cc2)c1. The molecule has 0 aliphatic heterocycles. The lowest BCUT2D eigenvalue weighted by atomic mass is 10.2. The summed E-state index contributed by atoms with van der Waals surface area (Å²) >= 11 is 3.11. The summed E-state index contributed by atoms with van der Waals surface area (Å²) in [5, 5.41) is 8.10. The fraction of sp³-hybridized carbons (Fsp3) is 0.0800. The second-order valence-corrected chi connectivity index (χ2v) is 9.04. The molecule has 0 aliphatic carbocycles. The standard InChI is InChI=1S/C25H21N3O2S2/c1-17-6-12-21(13-7-17)32-23-14-15-24(29)28(27-23)20-10-8-18(9-11-20)25(30)26-19-4-3-5-22(16-19)31-2/h3-16H,1-2H3,(H,26,30). The van der Waals surface area contributed by atoms with Gasteiger partial charge in [0.05, 0.1) is 5.69 Å². The number of amides is 1. The third kappa shape index (κ3) is 5.30. The molecule has 0 spiro atoms. The summed E-state index contributed by atoms with van der Waals surface area (Å²) in [6.45, 7) is 2.04. The first-order valence-electron chi connectivity index (χ1n) is 9.92. The fourth-order valence-corrected chi connectivity index (χ4v) is 4.25. The molecule has 32 heavy (non-hydrogen) atoms. The monoisotopic (exact) mass is 459 g/mol. The van der Waals surface area contributed by atoms with Crippen LogP contribution in [0, 0.1) is 6.92 Å². The molecule has 4 aromatic rings. The highest BCUT2D eigenvalue weighted by Crippen LogP contribution is 2.25. The zero-order chi connectivity index (χ0) is 22.5. The van der Waals surface area contributed by atoms with Crippen LogP contribution in [0.2, 0.25) is 0 Å². The predicted molar refractivity (Wildman–Crippen MR) is 131 cm³/mol. The Balaban J connectivity index is 1.52. The molecule has 0 fully saturated rings. The molecular weight excluding hydrogens is 438 g/mol. The molecule has 1 N–H and O–H groups in total. The lowest BCUT2D eigenvalue weighted by Gasteiger charge is -2.09. The Morgan fingerprint density at radius 2 is 1.66 bits per heavy atom. The van der Waals surface area contributed by atoms with Gasteiger partial charge in [-0.3, -0.25) is 9.59 Å². The Bertz CT molecular complexity index is 1300. The average Bonchev–Trinajstić information content (AvgIpc) is 2.82. The number of carbonyl (C=O) groups excluding carboxylic acids is 1. The Kier molecular flexibility index (Phi) is 6.78. The zero-order valence-electron chi connectivity index (χ0n) is 17.6. The minimum absolute atomic E-state index is 0.209. The van der Waals surface area contributed by atoms with Crippen LogP contribution in [0.3, 0.4) is 0 Å². The van der Waals surface area contributed by atoms with E-state index in [-0.39, 0.29) is 11.5 Å². The molecule has 5 nitrogen and oxygen atoms in total. The lowest BCUT2D eigenvalue weighted by molar-refractivity contribution is 0.102. The van der Waals surface area contributed by atoms with Gasteiger partial charge in [0, 0.05) is 27.1 Å². The van der Waals surface area contributed by atoms with Crippen LogP contribution in [-0.2, 0) is 0 Å². The normalized spacial score (nSPS) is 10.7. The molecule has 0 aliphatic rings. The number of nitrogens with one attached hydrogen (secondary N) is 1. The van der Waals surface area contributed by atoms with Gasteiger partial charge in [0.2, 0.25) is 0 Å². The number of carbonyl (C=O) groups is 1. The molecule has 0 unspecified atom stereocenters. The van der Waals surface area contributed by atoms with Crippen LogP contribution in [-0.4, -0.2) is 21.9 Å². The lowest BCUT2D eigenvalue weighted by Crippen LogP contribution is -2.20. The highest BCUT2D eigenvalue weighted by Gasteiger charge is 2.09. The van der Waals surface area contributed by atoms with Gasteiger partial charge in [-0.1, -0.05) is 35.5 Å². The molecule has 1 amide bonds. The number of thioether (sulfide) groups is 1. The second-order valence-electron chi connectivity index (χ2n) is 7.07. The second kappa shape index (κ2) is 9.89. The average molecular weight is 460 g/mol. The van der Waals surface area contributed by atoms with E-state index in [1.54, 1.807) is 42.1 Å². The van der Waals surface area contributed by atoms with E-state index in [1.165, 1.54) is 28.1 Å². The molecule has 3 aromatic carbocycles. The van der Waals surface area contributed by atoms with Gasteiger partial charge in [-0.05, 0) is 73.8 Å². The number of anilines is 1. The number of benzene rings is 3. The van der Waals surface area contributed by atoms with Crippen molar-refractivity contribution in [2.75, 3.05) is 11.6 Å². The van der Waals surface area contributed by atoms with Crippen molar-refractivity contribution in [3.05, 3.63) is 106 Å². The Labute approximate surface area is 194 Å². The number of aryl methyl sites for hydroxylation is 1. The van der Waals surface area contributed by atoms with Crippen LogP contribution >= 0.6 is 23.5 Å². The van der Waals surface area contributed by atoms with E-state index in [9.17, 15) is 9.59 Å². The molecular formula is C25H21N3O2S2. The van der Waals surface area contributed by atoms with Crippen molar-refractivity contribution < 1.29 is 4.79 Å². The minimum atomic E-state index is -0.232. The number of hydrogen-bond donors (Lipinski definition) is 1. The molecule has 1 aromatic heterocycles. The molecule has 4 rings (SSSR count). The third-order valence-electron chi connectivity index (χ3n) is 4.72. The predicted octanol–water partition coefficient (Wildman–Crippen LogP) is 5.67. The van der Waals surface area contributed by atoms with E-state index in [0.29, 0.717) is 16.3 Å². The molecule has 7 heteroatoms. The van der Waals surface area contributed by atoms with Crippen molar-refractivity contribution in [3.8, 4) is 5.69 Å². The van der Waals surface area contributed by atoms with Crippen LogP contribution in [0.4, 0.5) is 5.69 Å². The van der Waals surface area contributed by atoms with Crippen molar-refractivity contribution in [2.24, 2.45) is 0 Å². The van der Waals surface area contributed by atoms with Gasteiger partial charge in [-0.15, -0.1) is 11.8 Å². The Hall–Kier alpha value is -3.29. The quantitative estimate of drug-likeness (QED) is 0.377. The maximum atomic E-state index is 12.6. The molecule has 0 saturated heterocycles. The van der Waals surface area contributed by atoms with Gasteiger partial charge in [0.15, 0.2) is 0 Å². The summed E-state index contributed by atoms with van der Waals surface area (Å²) in [6.07, 6.45) is 1.99. The van der Waals surface area contributed by atoms with E-state index in [4.69, 9.17) is 0 Å². The van der Waals surface area contributed by atoms with Gasteiger partial charge in [-0.2, -0.15) is 9.78 Å². The van der Waals surface area contributed by atoms with Gasteiger partial charge in [-0.25, -0.2) is 0 Å². The van der Waals surface area contributed by atoms with E-state index in [1.807, 2.05) is 61.7 Å². The van der Waals surface area contributed by atoms with Crippen LogP contribution < -0.4 is 10.9 Å².